The molecular formula is C19H20N2. The number of nitriles is 1. The molecule has 2 aromatic carbocycles. The minimum Gasteiger partial charge on any atom is -0.306 e. The van der Waals surface area contributed by atoms with Crippen LogP contribution in [0.4, 0.5) is 0 Å². The molecule has 2 nitrogen and oxygen atoms in total. The van der Waals surface area contributed by atoms with Crippen LogP contribution in [0.1, 0.15) is 47.2 Å². The molecule has 1 atom stereocenters. The molecule has 2 heteroatoms. The van der Waals surface area contributed by atoms with E-state index >= 15 is 0 Å². The Morgan fingerprint density at radius 2 is 1.86 bits per heavy atom. The predicted molar refractivity (Wildman–Crippen MR) is 84.9 cm³/mol. The van der Waals surface area contributed by atoms with Crippen LogP contribution in [0.25, 0.3) is 0 Å². The first kappa shape index (κ1) is 13.9. The van der Waals surface area contributed by atoms with Gasteiger partial charge in [0.2, 0.25) is 0 Å². The first-order chi connectivity index (χ1) is 10.3. The summed E-state index contributed by atoms with van der Waals surface area (Å²) < 4.78 is 0. The van der Waals surface area contributed by atoms with Gasteiger partial charge in [0.05, 0.1) is 11.6 Å². The van der Waals surface area contributed by atoms with Crippen molar-refractivity contribution >= 4 is 0 Å². The molecule has 0 radical (unpaired) electrons. The third-order valence-electron chi connectivity index (χ3n) is 4.32. The van der Waals surface area contributed by atoms with Gasteiger partial charge in [-0.05, 0) is 60.6 Å². The molecule has 0 saturated carbocycles. The number of aryl methyl sites for hydroxylation is 2. The Labute approximate surface area is 126 Å². The molecule has 1 N–H and O–H groups in total. The summed E-state index contributed by atoms with van der Waals surface area (Å²) in [5.41, 5.74) is 6.34. The third kappa shape index (κ3) is 3.15. The second-order valence-corrected chi connectivity index (χ2v) is 5.79. The lowest BCUT2D eigenvalue weighted by atomic mass is 10.0. The molecule has 0 saturated heterocycles. The van der Waals surface area contributed by atoms with Crippen molar-refractivity contribution in [3.05, 3.63) is 70.3 Å². The summed E-state index contributed by atoms with van der Waals surface area (Å²) in [5, 5.41) is 12.4. The second kappa shape index (κ2) is 6.11. The molecule has 1 aliphatic rings. The largest absolute Gasteiger partial charge is 0.306 e. The van der Waals surface area contributed by atoms with E-state index in [0.29, 0.717) is 5.56 Å². The van der Waals surface area contributed by atoms with Gasteiger partial charge in [0.25, 0.3) is 0 Å². The van der Waals surface area contributed by atoms with Gasteiger partial charge in [0.1, 0.15) is 0 Å². The number of nitrogens with one attached hydrogen (secondary N) is 1. The number of hydrogen-bond acceptors (Lipinski definition) is 2. The first-order valence-electron chi connectivity index (χ1n) is 7.60. The highest BCUT2D eigenvalue weighted by molar-refractivity contribution is 5.35. The molecule has 106 valence electrons. The fraction of sp³-hybridized carbons (Fsp3) is 0.316. The van der Waals surface area contributed by atoms with Crippen molar-refractivity contribution in [1.29, 1.82) is 5.26 Å². The Morgan fingerprint density at radius 1 is 1.10 bits per heavy atom. The Bertz CT molecular complexity index is 665. The van der Waals surface area contributed by atoms with Crippen LogP contribution in [-0.4, -0.2) is 0 Å². The van der Waals surface area contributed by atoms with Gasteiger partial charge in [-0.3, -0.25) is 0 Å². The fourth-order valence-electron chi connectivity index (χ4n) is 2.97. The molecule has 0 spiro atoms. The summed E-state index contributed by atoms with van der Waals surface area (Å²) in [6.45, 7) is 3.04. The SMILES string of the molecule is CC(NCc1ccc2c(c1)CCC2)c1ccc(C#N)cc1. The average Bonchev–Trinajstić information content (AvgIpc) is 3.00. The van der Waals surface area contributed by atoms with E-state index in [9.17, 15) is 0 Å². The maximum absolute atomic E-state index is 8.83. The average molecular weight is 276 g/mol. The fourth-order valence-corrected chi connectivity index (χ4v) is 2.97. The van der Waals surface area contributed by atoms with Crippen LogP contribution in [0.15, 0.2) is 42.5 Å². The summed E-state index contributed by atoms with van der Waals surface area (Å²) in [7, 11) is 0. The van der Waals surface area contributed by atoms with E-state index < -0.39 is 0 Å². The Balaban J connectivity index is 1.62. The molecule has 0 heterocycles. The first-order valence-corrected chi connectivity index (χ1v) is 7.60. The van der Waals surface area contributed by atoms with Gasteiger partial charge in [-0.1, -0.05) is 30.3 Å². The zero-order chi connectivity index (χ0) is 14.7. The number of hydrogen-bond donors (Lipinski definition) is 1. The van der Waals surface area contributed by atoms with Crippen molar-refractivity contribution in [3.63, 3.8) is 0 Å². The van der Waals surface area contributed by atoms with Gasteiger partial charge in [-0.25, -0.2) is 0 Å². The molecule has 1 aliphatic carbocycles. The van der Waals surface area contributed by atoms with Crippen molar-refractivity contribution in [2.75, 3.05) is 0 Å². The molecule has 0 aromatic heterocycles. The summed E-state index contributed by atoms with van der Waals surface area (Å²) in [6.07, 6.45) is 3.77. The molecule has 0 fully saturated rings. The van der Waals surface area contributed by atoms with Crippen molar-refractivity contribution in [2.24, 2.45) is 0 Å². The van der Waals surface area contributed by atoms with Crippen molar-refractivity contribution in [1.82, 2.24) is 5.32 Å². The topological polar surface area (TPSA) is 35.8 Å². The molecule has 0 aliphatic heterocycles. The molecule has 3 rings (SSSR count). The Kier molecular flexibility index (Phi) is 4.03. The van der Waals surface area contributed by atoms with Crippen LogP contribution in [0.5, 0.6) is 0 Å². The van der Waals surface area contributed by atoms with Crippen LogP contribution in [0.3, 0.4) is 0 Å². The number of fused-ring (bicyclic) bond motifs is 1. The number of benzene rings is 2. The van der Waals surface area contributed by atoms with Gasteiger partial charge >= 0.3 is 0 Å². The summed E-state index contributed by atoms with van der Waals surface area (Å²) >= 11 is 0. The summed E-state index contributed by atoms with van der Waals surface area (Å²) in [6, 6.07) is 17.1. The van der Waals surface area contributed by atoms with Gasteiger partial charge in [-0.15, -0.1) is 0 Å². The Morgan fingerprint density at radius 3 is 2.62 bits per heavy atom. The Hall–Kier alpha value is -2.11. The molecule has 0 amide bonds. The van der Waals surface area contributed by atoms with E-state index in [1.807, 2.05) is 24.3 Å². The monoisotopic (exact) mass is 276 g/mol. The molecule has 0 bridgehead atoms. The highest BCUT2D eigenvalue weighted by Gasteiger charge is 2.11. The minimum atomic E-state index is 0.283. The van der Waals surface area contributed by atoms with Gasteiger partial charge < -0.3 is 5.32 Å². The van der Waals surface area contributed by atoms with E-state index in [0.717, 1.165) is 6.54 Å². The highest BCUT2D eigenvalue weighted by atomic mass is 14.9. The van der Waals surface area contributed by atoms with Crippen LogP contribution in [-0.2, 0) is 19.4 Å². The quantitative estimate of drug-likeness (QED) is 0.919. The van der Waals surface area contributed by atoms with Gasteiger partial charge in [0, 0.05) is 12.6 Å². The lowest BCUT2D eigenvalue weighted by Crippen LogP contribution is -2.18. The highest BCUT2D eigenvalue weighted by Crippen LogP contribution is 2.23. The number of nitrogens with zero attached hydrogens (tertiary/aromatic N) is 1. The van der Waals surface area contributed by atoms with Crippen molar-refractivity contribution in [2.45, 2.75) is 38.8 Å². The van der Waals surface area contributed by atoms with Crippen molar-refractivity contribution < 1.29 is 0 Å². The van der Waals surface area contributed by atoms with E-state index in [4.69, 9.17) is 5.26 Å². The van der Waals surface area contributed by atoms with E-state index in [-0.39, 0.29) is 6.04 Å². The zero-order valence-electron chi connectivity index (χ0n) is 12.4. The zero-order valence-corrected chi connectivity index (χ0v) is 12.4. The van der Waals surface area contributed by atoms with Gasteiger partial charge in [0.15, 0.2) is 0 Å². The summed E-state index contributed by atoms with van der Waals surface area (Å²) in [5.74, 6) is 0. The summed E-state index contributed by atoms with van der Waals surface area (Å²) in [4.78, 5) is 0. The third-order valence-corrected chi connectivity index (χ3v) is 4.32. The van der Waals surface area contributed by atoms with E-state index in [1.54, 1.807) is 0 Å². The molecule has 21 heavy (non-hydrogen) atoms. The van der Waals surface area contributed by atoms with Gasteiger partial charge in [-0.2, -0.15) is 5.26 Å². The van der Waals surface area contributed by atoms with Crippen molar-refractivity contribution in [3.8, 4) is 6.07 Å². The minimum absolute atomic E-state index is 0.283. The van der Waals surface area contributed by atoms with Crippen LogP contribution in [0.2, 0.25) is 0 Å². The second-order valence-electron chi connectivity index (χ2n) is 5.79. The van der Waals surface area contributed by atoms with Crippen LogP contribution >= 0.6 is 0 Å². The van der Waals surface area contributed by atoms with Crippen LogP contribution in [0, 0.1) is 11.3 Å². The van der Waals surface area contributed by atoms with E-state index in [1.165, 1.54) is 41.5 Å². The standard InChI is InChI=1S/C19H20N2/c1-14(17-8-5-15(12-20)6-9-17)21-13-16-7-10-18-3-2-4-19(18)11-16/h5-11,14,21H,2-4,13H2,1H3. The molecule has 2 aromatic rings. The smallest absolute Gasteiger partial charge is 0.0991 e. The molecule has 1 unspecified atom stereocenters. The van der Waals surface area contributed by atoms with Crippen LogP contribution < -0.4 is 5.32 Å². The number of rotatable bonds is 4. The maximum atomic E-state index is 8.83. The predicted octanol–water partition coefficient (Wildman–Crippen LogP) is 3.90. The van der Waals surface area contributed by atoms with E-state index in [2.05, 4.69) is 36.5 Å². The lowest BCUT2D eigenvalue weighted by molar-refractivity contribution is 0.574. The normalized spacial score (nSPS) is 14.5. The maximum Gasteiger partial charge on any atom is 0.0991 e. The molecular weight excluding hydrogens is 256 g/mol. The lowest BCUT2D eigenvalue weighted by Gasteiger charge is -2.15.